The van der Waals surface area contributed by atoms with Crippen molar-refractivity contribution < 1.29 is 4.79 Å². The van der Waals surface area contributed by atoms with E-state index in [1.54, 1.807) is 0 Å². The molecule has 0 spiro atoms. The van der Waals surface area contributed by atoms with Gasteiger partial charge in [0.2, 0.25) is 0 Å². The van der Waals surface area contributed by atoms with Gasteiger partial charge < -0.3 is 0 Å². The van der Waals surface area contributed by atoms with Crippen molar-refractivity contribution in [3.63, 3.8) is 0 Å². The van der Waals surface area contributed by atoms with Gasteiger partial charge in [-0.25, -0.2) is 0 Å². The van der Waals surface area contributed by atoms with Crippen LogP contribution in [-0.4, -0.2) is 5.78 Å². The molecule has 0 atom stereocenters. The van der Waals surface area contributed by atoms with E-state index in [1.807, 2.05) is 43.3 Å². The molecule has 0 aromatic heterocycles. The third-order valence-electron chi connectivity index (χ3n) is 3.72. The normalized spacial score (nSPS) is 9.41. The molecular weight excluding hydrogens is 268 g/mol. The molecule has 0 fully saturated rings. The summed E-state index contributed by atoms with van der Waals surface area (Å²) in [4.78, 5) is 11.3. The lowest BCUT2D eigenvalue weighted by Crippen LogP contribution is -2.03. The lowest BCUT2D eigenvalue weighted by atomic mass is 9.95. The van der Waals surface area contributed by atoms with Crippen LogP contribution in [0.25, 0.3) is 6.08 Å². The van der Waals surface area contributed by atoms with Crippen LogP contribution < -0.4 is 0 Å². The summed E-state index contributed by atoms with van der Waals surface area (Å²) in [6.45, 7) is 13.3. The number of rotatable bonds is 4. The van der Waals surface area contributed by atoms with Gasteiger partial charge in [0.1, 0.15) is 0 Å². The fraction of sp³-hybridized carbons (Fsp3) is 0.190. The second kappa shape index (κ2) is 8.78. The zero-order chi connectivity index (χ0) is 16.5. The van der Waals surface area contributed by atoms with Gasteiger partial charge in [-0.05, 0) is 54.7 Å². The van der Waals surface area contributed by atoms with E-state index in [1.165, 1.54) is 28.3 Å². The standard InChI is InChI=1S/C13H16O.C8H8/c1-5-12(14)8-13-10(3)7-6-9(2)11(13)4;1-2-8-6-4-3-5-7-8/h5-7H,1,8H2,2-4H3;2-7H,1H2. The van der Waals surface area contributed by atoms with Crippen molar-refractivity contribution in [1.29, 1.82) is 0 Å². The zero-order valence-electron chi connectivity index (χ0n) is 13.7. The maximum Gasteiger partial charge on any atom is 0.159 e. The molecule has 0 unspecified atom stereocenters. The summed E-state index contributed by atoms with van der Waals surface area (Å²) in [7, 11) is 0. The Morgan fingerprint density at radius 1 is 0.955 bits per heavy atom. The van der Waals surface area contributed by atoms with Crippen molar-refractivity contribution in [3.8, 4) is 0 Å². The number of hydrogen-bond acceptors (Lipinski definition) is 1. The molecule has 2 aromatic rings. The minimum absolute atomic E-state index is 0.0850. The molecule has 2 rings (SSSR count). The van der Waals surface area contributed by atoms with Crippen LogP contribution in [0.4, 0.5) is 0 Å². The molecule has 0 amide bonds. The van der Waals surface area contributed by atoms with Crippen LogP contribution >= 0.6 is 0 Å². The Labute approximate surface area is 134 Å². The highest BCUT2D eigenvalue weighted by Crippen LogP contribution is 2.18. The summed E-state index contributed by atoms with van der Waals surface area (Å²) in [5.41, 5.74) is 5.97. The van der Waals surface area contributed by atoms with Crippen molar-refractivity contribution in [3.05, 3.63) is 89.5 Å². The SMILES string of the molecule is C=CC(=O)Cc1c(C)ccc(C)c1C.C=Cc1ccccc1. The van der Waals surface area contributed by atoms with Crippen LogP contribution in [0.2, 0.25) is 0 Å². The summed E-state index contributed by atoms with van der Waals surface area (Å²) in [6.07, 6.45) is 3.70. The van der Waals surface area contributed by atoms with Gasteiger partial charge in [-0.2, -0.15) is 0 Å². The van der Waals surface area contributed by atoms with Crippen molar-refractivity contribution in [2.75, 3.05) is 0 Å². The van der Waals surface area contributed by atoms with Gasteiger partial charge in [0.15, 0.2) is 5.78 Å². The number of carbonyl (C=O) groups is 1. The van der Waals surface area contributed by atoms with Gasteiger partial charge in [0, 0.05) is 6.42 Å². The maximum atomic E-state index is 11.3. The predicted molar refractivity (Wildman–Crippen MR) is 96.1 cm³/mol. The first kappa shape index (κ1) is 17.6. The number of ketones is 1. The van der Waals surface area contributed by atoms with Crippen molar-refractivity contribution in [2.24, 2.45) is 0 Å². The first-order valence-corrected chi connectivity index (χ1v) is 7.38. The van der Waals surface area contributed by atoms with E-state index in [4.69, 9.17) is 0 Å². The topological polar surface area (TPSA) is 17.1 Å². The van der Waals surface area contributed by atoms with Crippen LogP contribution in [0.5, 0.6) is 0 Å². The molecule has 0 N–H and O–H groups in total. The van der Waals surface area contributed by atoms with E-state index in [9.17, 15) is 4.79 Å². The Kier molecular flexibility index (Phi) is 7.04. The van der Waals surface area contributed by atoms with Crippen molar-refractivity contribution in [1.82, 2.24) is 0 Å². The first-order chi connectivity index (χ1) is 10.5. The average molecular weight is 292 g/mol. The molecule has 0 saturated heterocycles. The Bertz CT molecular complexity index is 651. The zero-order valence-corrected chi connectivity index (χ0v) is 13.7. The lowest BCUT2D eigenvalue weighted by molar-refractivity contribution is -0.114. The molecule has 1 nitrogen and oxygen atoms in total. The molecule has 0 heterocycles. The third kappa shape index (κ3) is 5.17. The lowest BCUT2D eigenvalue weighted by Gasteiger charge is -2.10. The minimum atomic E-state index is 0.0850. The quantitative estimate of drug-likeness (QED) is 0.704. The van der Waals surface area contributed by atoms with Crippen LogP contribution in [0.1, 0.15) is 27.8 Å². The highest BCUT2D eigenvalue weighted by Gasteiger charge is 2.07. The van der Waals surface area contributed by atoms with Gasteiger partial charge in [0.25, 0.3) is 0 Å². The van der Waals surface area contributed by atoms with E-state index < -0.39 is 0 Å². The summed E-state index contributed by atoms with van der Waals surface area (Å²) in [5, 5.41) is 0. The first-order valence-electron chi connectivity index (χ1n) is 7.38. The highest BCUT2D eigenvalue weighted by atomic mass is 16.1. The molecule has 22 heavy (non-hydrogen) atoms. The van der Waals surface area contributed by atoms with Crippen LogP contribution in [-0.2, 0) is 11.2 Å². The number of allylic oxidation sites excluding steroid dienone is 1. The van der Waals surface area contributed by atoms with E-state index >= 15 is 0 Å². The Morgan fingerprint density at radius 2 is 1.55 bits per heavy atom. The Morgan fingerprint density at radius 3 is 2.05 bits per heavy atom. The summed E-state index contributed by atoms with van der Waals surface area (Å²) < 4.78 is 0. The number of benzene rings is 2. The fourth-order valence-corrected chi connectivity index (χ4v) is 2.12. The minimum Gasteiger partial charge on any atom is -0.295 e. The van der Waals surface area contributed by atoms with Gasteiger partial charge >= 0.3 is 0 Å². The van der Waals surface area contributed by atoms with E-state index in [0.717, 1.165) is 5.56 Å². The molecule has 0 aliphatic rings. The highest BCUT2D eigenvalue weighted by molar-refractivity contribution is 5.91. The summed E-state index contributed by atoms with van der Waals surface area (Å²) in [6, 6.07) is 14.2. The molecule has 114 valence electrons. The molecule has 0 aliphatic heterocycles. The van der Waals surface area contributed by atoms with Crippen LogP contribution in [0, 0.1) is 20.8 Å². The van der Waals surface area contributed by atoms with Gasteiger partial charge in [-0.1, -0.05) is 61.7 Å². The second-order valence-electron chi connectivity index (χ2n) is 5.26. The number of hydrogen-bond donors (Lipinski definition) is 0. The summed E-state index contributed by atoms with van der Waals surface area (Å²) in [5.74, 6) is 0.0850. The molecule has 1 heteroatoms. The van der Waals surface area contributed by atoms with E-state index in [0.29, 0.717) is 6.42 Å². The average Bonchev–Trinajstić information content (AvgIpc) is 2.56. The number of aryl methyl sites for hydroxylation is 2. The van der Waals surface area contributed by atoms with Gasteiger partial charge in [-0.3, -0.25) is 4.79 Å². The molecule has 2 aromatic carbocycles. The maximum absolute atomic E-state index is 11.3. The molecular formula is C21H24O. The van der Waals surface area contributed by atoms with Crippen LogP contribution in [0.3, 0.4) is 0 Å². The Hall–Kier alpha value is -2.41. The largest absolute Gasteiger partial charge is 0.295 e. The third-order valence-corrected chi connectivity index (χ3v) is 3.72. The second-order valence-corrected chi connectivity index (χ2v) is 5.26. The van der Waals surface area contributed by atoms with Gasteiger partial charge in [-0.15, -0.1) is 0 Å². The molecule has 0 radical (unpaired) electrons. The number of carbonyl (C=O) groups excluding carboxylic acids is 1. The molecule has 0 bridgehead atoms. The fourth-order valence-electron chi connectivity index (χ4n) is 2.12. The molecule has 0 saturated carbocycles. The van der Waals surface area contributed by atoms with Crippen molar-refractivity contribution >= 4 is 11.9 Å². The smallest absolute Gasteiger partial charge is 0.159 e. The predicted octanol–water partition coefficient (Wildman–Crippen LogP) is 5.24. The van der Waals surface area contributed by atoms with E-state index in [-0.39, 0.29) is 5.78 Å². The van der Waals surface area contributed by atoms with Gasteiger partial charge in [0.05, 0.1) is 0 Å². The Balaban J connectivity index is 0.000000255. The van der Waals surface area contributed by atoms with Crippen LogP contribution in [0.15, 0.2) is 61.7 Å². The van der Waals surface area contributed by atoms with E-state index in [2.05, 4.69) is 39.1 Å². The molecule has 0 aliphatic carbocycles. The van der Waals surface area contributed by atoms with Crippen molar-refractivity contribution in [2.45, 2.75) is 27.2 Å². The summed E-state index contributed by atoms with van der Waals surface area (Å²) >= 11 is 0. The monoisotopic (exact) mass is 292 g/mol.